The van der Waals surface area contributed by atoms with Gasteiger partial charge in [-0.1, -0.05) is 95.8 Å². The number of thioether (sulfide) groups is 2. The molecule has 2 aromatic heterocycles. The predicted octanol–water partition coefficient (Wildman–Crippen LogP) is 5.10. The summed E-state index contributed by atoms with van der Waals surface area (Å²) in [6, 6.07) is 18.0. The highest BCUT2D eigenvalue weighted by atomic mass is 32.2. The topological polar surface area (TPSA) is 203 Å². The van der Waals surface area contributed by atoms with Crippen LogP contribution in [0.15, 0.2) is 81.0 Å². The molecule has 0 spiro atoms. The molecule has 58 heavy (non-hydrogen) atoms. The summed E-state index contributed by atoms with van der Waals surface area (Å²) in [5, 5.41) is 21.3. The van der Waals surface area contributed by atoms with Gasteiger partial charge in [0.2, 0.25) is 12.3 Å². The second kappa shape index (κ2) is 19.1. The van der Waals surface area contributed by atoms with Crippen molar-refractivity contribution in [3.05, 3.63) is 88.4 Å². The van der Waals surface area contributed by atoms with Crippen molar-refractivity contribution < 1.29 is 38.3 Å². The van der Waals surface area contributed by atoms with Gasteiger partial charge in [0.05, 0.1) is 6.54 Å². The first-order chi connectivity index (χ1) is 27.9. The first-order valence-corrected chi connectivity index (χ1v) is 22.0. The highest BCUT2D eigenvalue weighted by Crippen LogP contribution is 2.46. The number of benzene rings is 2. The molecule has 2 aliphatic rings. The number of esters is 1. The van der Waals surface area contributed by atoms with Crippen LogP contribution < -0.4 is 16.0 Å². The highest BCUT2D eigenvalue weighted by molar-refractivity contribution is 8.01. The molecule has 0 radical (unpaired) electrons. The van der Waals surface area contributed by atoms with Crippen molar-refractivity contribution in [2.24, 2.45) is 10.6 Å². The fraction of sp³-hybridized carbons (Fsp3) is 0.395. The molecule has 3 unspecified atom stereocenters. The predicted molar refractivity (Wildman–Crippen MR) is 222 cm³/mol. The number of alkyl carbamates (subject to hydrolysis) is 1. The number of amides is 4. The van der Waals surface area contributed by atoms with Gasteiger partial charge in [0, 0.05) is 23.4 Å². The van der Waals surface area contributed by atoms with E-state index in [-0.39, 0.29) is 47.0 Å². The molecular weight excluding hydrogens is 825 g/mol. The summed E-state index contributed by atoms with van der Waals surface area (Å²) >= 11 is 5.16. The molecular formula is C38H42N8O8S4. The van der Waals surface area contributed by atoms with Crippen LogP contribution >= 0.6 is 46.2 Å². The lowest BCUT2D eigenvalue weighted by Gasteiger charge is -2.54. The van der Waals surface area contributed by atoms with Crippen molar-refractivity contribution in [2.45, 2.75) is 67.7 Å². The van der Waals surface area contributed by atoms with Crippen molar-refractivity contribution >= 4 is 87.3 Å². The van der Waals surface area contributed by atoms with E-state index in [4.69, 9.17) is 14.3 Å². The molecule has 2 aromatic carbocycles. The minimum absolute atomic E-state index is 0.0343. The summed E-state index contributed by atoms with van der Waals surface area (Å²) in [4.78, 5) is 77.2. The molecule has 20 heteroatoms. The number of hydrogen-bond acceptors (Lipinski definition) is 16. The molecule has 0 saturated carbocycles. The Hall–Kier alpha value is -5.05. The molecule has 16 nitrogen and oxygen atoms in total. The Bertz CT molecular complexity index is 2040. The van der Waals surface area contributed by atoms with Gasteiger partial charge in [0.15, 0.2) is 21.3 Å². The highest BCUT2D eigenvalue weighted by Gasteiger charge is 2.58. The number of nitrogens with zero attached hydrogens (tertiary/aromatic N) is 5. The first-order valence-electron chi connectivity index (χ1n) is 18.2. The lowest BCUT2D eigenvalue weighted by molar-refractivity contribution is -0.164. The molecule has 4 atom stereocenters. The molecule has 2 fully saturated rings. The Balaban J connectivity index is 1.18. The van der Waals surface area contributed by atoms with Crippen molar-refractivity contribution in [1.82, 2.24) is 30.7 Å². The smallest absolute Gasteiger partial charge is 0.407 e. The molecule has 2 saturated heterocycles. The third-order valence-corrected chi connectivity index (χ3v) is 13.4. The van der Waals surface area contributed by atoms with Crippen molar-refractivity contribution in [3.63, 3.8) is 0 Å². The monoisotopic (exact) mass is 866 g/mol. The van der Waals surface area contributed by atoms with Crippen LogP contribution in [0.4, 0.5) is 9.93 Å². The Morgan fingerprint density at radius 2 is 1.79 bits per heavy atom. The van der Waals surface area contributed by atoms with E-state index in [0.717, 1.165) is 22.5 Å². The molecule has 4 heterocycles. The van der Waals surface area contributed by atoms with Crippen molar-refractivity contribution in [3.8, 4) is 0 Å². The molecule has 0 aliphatic carbocycles. The number of carbonyl (C=O) groups excluding carboxylic acids is 5. The summed E-state index contributed by atoms with van der Waals surface area (Å²) in [7, 11) is 0. The average Bonchev–Trinajstić information content (AvgIpc) is 3.92. The third-order valence-electron chi connectivity index (χ3n) is 8.87. The van der Waals surface area contributed by atoms with Crippen LogP contribution in [0.25, 0.3) is 0 Å². The number of anilines is 1. The van der Waals surface area contributed by atoms with Gasteiger partial charge in [0.1, 0.15) is 39.7 Å². The fourth-order valence-electron chi connectivity index (χ4n) is 5.95. The maximum atomic E-state index is 14.5. The van der Waals surface area contributed by atoms with E-state index in [0.29, 0.717) is 17.2 Å². The third kappa shape index (κ3) is 10.5. The summed E-state index contributed by atoms with van der Waals surface area (Å²) < 4.78 is 12.4. The number of hydrogen-bond donors (Lipinski definition) is 3. The zero-order valence-corrected chi connectivity index (χ0v) is 35.3. The van der Waals surface area contributed by atoms with E-state index in [9.17, 15) is 24.0 Å². The van der Waals surface area contributed by atoms with E-state index in [1.54, 1.807) is 31.2 Å². The second-order valence-electron chi connectivity index (χ2n) is 14.3. The largest absolute Gasteiger partial charge is 0.452 e. The van der Waals surface area contributed by atoms with Crippen molar-refractivity contribution in [1.29, 1.82) is 0 Å². The number of fused-ring (bicyclic) bond motifs is 1. The Morgan fingerprint density at radius 3 is 2.41 bits per heavy atom. The van der Waals surface area contributed by atoms with Gasteiger partial charge in [-0.05, 0) is 38.3 Å². The first kappa shape index (κ1) is 42.6. The minimum atomic E-state index is -1.13. The van der Waals surface area contributed by atoms with Crippen LogP contribution in [0.5, 0.6) is 0 Å². The number of nitrogens with one attached hydrogen (secondary N) is 3. The van der Waals surface area contributed by atoms with Gasteiger partial charge in [0.25, 0.3) is 5.91 Å². The average molecular weight is 867 g/mol. The maximum Gasteiger partial charge on any atom is 0.407 e. The van der Waals surface area contributed by atoms with Crippen molar-refractivity contribution in [2.75, 3.05) is 29.9 Å². The number of thiazole rings is 1. The molecule has 6 rings (SSSR count). The number of carbonyl (C=O) groups is 5. The van der Waals surface area contributed by atoms with E-state index in [1.165, 1.54) is 40.2 Å². The molecule has 4 aromatic rings. The maximum absolute atomic E-state index is 14.5. The number of rotatable bonds is 17. The minimum Gasteiger partial charge on any atom is -0.452 e. The zero-order valence-electron chi connectivity index (χ0n) is 32.0. The van der Waals surface area contributed by atoms with E-state index >= 15 is 0 Å². The Kier molecular flexibility index (Phi) is 14.0. The van der Waals surface area contributed by atoms with E-state index in [1.807, 2.05) is 67.6 Å². The van der Waals surface area contributed by atoms with Gasteiger partial charge >= 0.3 is 12.1 Å². The van der Waals surface area contributed by atoms with Gasteiger partial charge in [-0.15, -0.1) is 33.3 Å². The molecule has 2 aliphatic heterocycles. The van der Waals surface area contributed by atoms with Crippen LogP contribution in [0.2, 0.25) is 0 Å². The van der Waals surface area contributed by atoms with Crippen LogP contribution in [0.1, 0.15) is 57.0 Å². The summed E-state index contributed by atoms with van der Waals surface area (Å²) in [6.45, 7) is 7.14. The van der Waals surface area contributed by atoms with Crippen LogP contribution in [-0.4, -0.2) is 104 Å². The Morgan fingerprint density at radius 1 is 1.09 bits per heavy atom. The van der Waals surface area contributed by atoms with Gasteiger partial charge in [-0.25, -0.2) is 9.78 Å². The molecule has 4 amide bonds. The summed E-state index contributed by atoms with van der Waals surface area (Å²) in [5.74, 6) is -1.03. The molecule has 3 N–H and O–H groups in total. The fourth-order valence-corrected chi connectivity index (χ4v) is 9.94. The van der Waals surface area contributed by atoms with Crippen LogP contribution in [0.3, 0.4) is 0 Å². The van der Waals surface area contributed by atoms with E-state index in [2.05, 4.69) is 36.3 Å². The standard InChI is InChI=1S/C38H42N8O8S4/c1-5-25(16-39-35(51)53-37(2,3)4)54-45-27(26-17-55-34(42-26)40-21-47)30(48)43-28-31(49)46-18-38(19-56-32(28)46,20-57-36-44-41-22-58-36)33(50)52-29(23-12-8-6-9-13-23)24-14-10-7-11-15-24/h6-15,17,21-22,25,28-29,32H,5,16,18-20H2,1-4H3,(H,39,51)(H,43,48)(H,40,42,47)/t25?,28?,32-,38?/m1/s1. The van der Waals surface area contributed by atoms with Gasteiger partial charge in [-0.2, -0.15) is 0 Å². The number of β-lactam (4-membered cyclic amide) rings is 1. The molecule has 306 valence electrons. The van der Waals surface area contributed by atoms with E-state index < -0.39 is 52.6 Å². The van der Waals surface area contributed by atoms with Crippen LogP contribution in [-0.2, 0) is 33.5 Å². The molecule has 0 bridgehead atoms. The second-order valence-corrected chi connectivity index (χ2v) is 18.3. The quantitative estimate of drug-likeness (QED) is 0.0316. The Labute approximate surface area is 351 Å². The van der Waals surface area contributed by atoms with Crippen LogP contribution in [0, 0.1) is 5.41 Å². The van der Waals surface area contributed by atoms with Gasteiger partial charge in [-0.3, -0.25) is 19.2 Å². The SMILES string of the molecule is CCC(CNC(=O)OC(C)(C)C)ON=C(C(=O)NC1C(=O)N2CC(CSc3nncs3)(C(=O)OC(c3ccccc3)c3ccccc3)CS[C@H]12)c1csc(NC=O)n1. The number of aromatic nitrogens is 3. The van der Waals surface area contributed by atoms with Gasteiger partial charge < -0.3 is 35.2 Å². The summed E-state index contributed by atoms with van der Waals surface area (Å²) in [5.41, 5.74) is 1.26. The number of ether oxygens (including phenoxy) is 2. The number of oxime groups is 1. The lowest BCUT2D eigenvalue weighted by atomic mass is 9.88. The lowest BCUT2D eigenvalue weighted by Crippen LogP contribution is -2.74. The summed E-state index contributed by atoms with van der Waals surface area (Å²) in [6.07, 6.45) is -1.10. The normalized spacial score (nSPS) is 19.6. The zero-order chi connectivity index (χ0) is 41.3.